The molecule has 0 unspecified atom stereocenters. The first kappa shape index (κ1) is 13.8. The Morgan fingerprint density at radius 2 is 2.22 bits per heavy atom. The van der Waals surface area contributed by atoms with E-state index in [1.54, 1.807) is 26.0 Å². The first-order valence-corrected chi connectivity index (χ1v) is 5.59. The molecule has 1 aromatic carbocycles. The van der Waals surface area contributed by atoms with Crippen LogP contribution in [0.4, 0.5) is 11.4 Å². The van der Waals surface area contributed by atoms with Gasteiger partial charge in [0.1, 0.15) is 5.69 Å². The van der Waals surface area contributed by atoms with E-state index >= 15 is 0 Å². The minimum Gasteiger partial charge on any atom is -0.468 e. The molecule has 96 valence electrons. The Morgan fingerprint density at radius 3 is 2.72 bits per heavy atom. The van der Waals surface area contributed by atoms with E-state index < -0.39 is 10.5 Å². The van der Waals surface area contributed by atoms with E-state index in [2.05, 4.69) is 11.2 Å². The van der Waals surface area contributed by atoms with E-state index in [4.69, 9.17) is 11.2 Å². The monoisotopic (exact) mass is 248 g/mol. The average molecular weight is 248 g/mol. The standard InChI is InChI=1S/C13H16N2O3/c1-5-13(3,4)18-11-9-7-8-10(14-6-2)12(11)15(16)17/h1,7-9,14H,6H2,2-4H3. The number of ether oxygens (including phenoxy) is 1. The SMILES string of the molecule is C#CC(C)(C)Oc1cccc(NCC)c1[N+](=O)[O-]. The fraction of sp³-hybridized carbons (Fsp3) is 0.385. The Labute approximate surface area is 106 Å². The van der Waals surface area contributed by atoms with Crippen LogP contribution in [-0.2, 0) is 0 Å². The van der Waals surface area contributed by atoms with E-state index in [1.807, 2.05) is 6.92 Å². The minimum atomic E-state index is -0.893. The fourth-order valence-corrected chi connectivity index (χ4v) is 1.43. The maximum absolute atomic E-state index is 11.1. The van der Waals surface area contributed by atoms with Crippen molar-refractivity contribution in [3.63, 3.8) is 0 Å². The van der Waals surface area contributed by atoms with Gasteiger partial charge in [-0.2, -0.15) is 0 Å². The number of rotatable bonds is 5. The molecule has 0 aliphatic carbocycles. The van der Waals surface area contributed by atoms with Crippen molar-refractivity contribution in [1.82, 2.24) is 0 Å². The van der Waals surface area contributed by atoms with Crippen molar-refractivity contribution < 1.29 is 9.66 Å². The number of nitrogens with zero attached hydrogens (tertiary/aromatic N) is 1. The topological polar surface area (TPSA) is 64.4 Å². The van der Waals surface area contributed by atoms with Crippen LogP contribution < -0.4 is 10.1 Å². The predicted octanol–water partition coefficient (Wildman–Crippen LogP) is 2.82. The van der Waals surface area contributed by atoms with Gasteiger partial charge in [-0.3, -0.25) is 10.1 Å². The van der Waals surface area contributed by atoms with E-state index in [9.17, 15) is 10.1 Å². The molecule has 0 saturated heterocycles. The highest BCUT2D eigenvalue weighted by atomic mass is 16.6. The van der Waals surface area contributed by atoms with Crippen molar-refractivity contribution in [2.45, 2.75) is 26.4 Å². The third-order valence-corrected chi connectivity index (χ3v) is 2.26. The molecule has 0 fully saturated rings. The summed E-state index contributed by atoms with van der Waals surface area (Å²) in [7, 11) is 0. The molecule has 1 N–H and O–H groups in total. The normalized spacial score (nSPS) is 10.6. The highest BCUT2D eigenvalue weighted by Gasteiger charge is 2.25. The highest BCUT2D eigenvalue weighted by molar-refractivity contribution is 5.68. The molecule has 1 rings (SSSR count). The summed E-state index contributed by atoms with van der Waals surface area (Å²) in [5, 5.41) is 14.1. The van der Waals surface area contributed by atoms with Crippen LogP contribution in [0, 0.1) is 22.5 Å². The smallest absolute Gasteiger partial charge is 0.333 e. The highest BCUT2D eigenvalue weighted by Crippen LogP contribution is 2.36. The molecule has 0 bridgehead atoms. The van der Waals surface area contributed by atoms with Crippen LogP contribution in [0.25, 0.3) is 0 Å². The molecule has 5 nitrogen and oxygen atoms in total. The maximum atomic E-state index is 11.1. The molecule has 0 heterocycles. The van der Waals surface area contributed by atoms with Crippen molar-refractivity contribution in [1.29, 1.82) is 0 Å². The quantitative estimate of drug-likeness (QED) is 0.494. The Kier molecular flexibility index (Phi) is 4.16. The van der Waals surface area contributed by atoms with Gasteiger partial charge in [-0.25, -0.2) is 0 Å². The zero-order valence-corrected chi connectivity index (χ0v) is 10.7. The first-order chi connectivity index (χ1) is 8.41. The molecule has 0 aromatic heterocycles. The zero-order chi connectivity index (χ0) is 13.8. The minimum absolute atomic E-state index is 0.0947. The molecule has 1 aromatic rings. The summed E-state index contributed by atoms with van der Waals surface area (Å²) >= 11 is 0. The lowest BCUT2D eigenvalue weighted by Crippen LogP contribution is -2.26. The summed E-state index contributed by atoms with van der Waals surface area (Å²) in [5.74, 6) is 2.61. The lowest BCUT2D eigenvalue weighted by atomic mass is 10.1. The second-order valence-electron chi connectivity index (χ2n) is 4.20. The van der Waals surface area contributed by atoms with E-state index in [-0.39, 0.29) is 11.4 Å². The molecule has 0 aliphatic heterocycles. The Balaban J connectivity index is 3.24. The summed E-state index contributed by atoms with van der Waals surface area (Å²) in [5.41, 5.74) is -0.564. The summed E-state index contributed by atoms with van der Waals surface area (Å²) < 4.78 is 5.51. The Bertz CT molecular complexity index is 489. The molecule has 0 radical (unpaired) electrons. The number of benzene rings is 1. The molecule has 0 spiro atoms. The maximum Gasteiger partial charge on any atom is 0.333 e. The molecule has 18 heavy (non-hydrogen) atoms. The van der Waals surface area contributed by atoms with E-state index in [1.165, 1.54) is 6.07 Å². The van der Waals surface area contributed by atoms with Crippen LogP contribution in [0.1, 0.15) is 20.8 Å². The molecule has 0 aliphatic rings. The third kappa shape index (κ3) is 3.14. The van der Waals surface area contributed by atoms with Gasteiger partial charge in [0.25, 0.3) is 0 Å². The fourth-order valence-electron chi connectivity index (χ4n) is 1.43. The number of terminal acetylenes is 1. The molecule has 0 atom stereocenters. The van der Waals surface area contributed by atoms with Gasteiger partial charge in [0, 0.05) is 6.54 Å². The van der Waals surface area contributed by atoms with Crippen LogP contribution in [0.15, 0.2) is 18.2 Å². The second-order valence-corrected chi connectivity index (χ2v) is 4.20. The predicted molar refractivity (Wildman–Crippen MR) is 70.8 cm³/mol. The number of anilines is 1. The van der Waals surface area contributed by atoms with Gasteiger partial charge >= 0.3 is 5.69 Å². The summed E-state index contributed by atoms with van der Waals surface area (Å²) in [6.45, 7) is 5.80. The second kappa shape index (κ2) is 5.41. The van der Waals surface area contributed by atoms with E-state index in [0.717, 1.165) is 0 Å². The van der Waals surface area contributed by atoms with Gasteiger partial charge in [0.2, 0.25) is 5.75 Å². The number of nitro benzene ring substituents is 1. The number of hydrogen-bond acceptors (Lipinski definition) is 4. The van der Waals surface area contributed by atoms with Crippen LogP contribution in [-0.4, -0.2) is 17.1 Å². The number of nitrogens with one attached hydrogen (secondary N) is 1. The molecule has 5 heteroatoms. The van der Waals surface area contributed by atoms with Crippen molar-refractivity contribution in [3.05, 3.63) is 28.3 Å². The number of nitro groups is 1. The number of para-hydroxylation sites is 1. The van der Waals surface area contributed by atoms with Gasteiger partial charge in [0.15, 0.2) is 5.60 Å². The summed E-state index contributed by atoms with van der Waals surface area (Å²) in [4.78, 5) is 10.7. The van der Waals surface area contributed by atoms with Crippen LogP contribution in [0.3, 0.4) is 0 Å². The average Bonchev–Trinajstić information content (AvgIpc) is 2.28. The number of hydrogen-bond donors (Lipinski definition) is 1. The molecular weight excluding hydrogens is 232 g/mol. The van der Waals surface area contributed by atoms with Gasteiger partial charge < -0.3 is 10.1 Å². The first-order valence-electron chi connectivity index (χ1n) is 5.59. The lowest BCUT2D eigenvalue weighted by Gasteiger charge is -2.20. The Hall–Kier alpha value is -2.22. The largest absolute Gasteiger partial charge is 0.468 e. The van der Waals surface area contributed by atoms with Crippen LogP contribution in [0.5, 0.6) is 5.75 Å². The van der Waals surface area contributed by atoms with Crippen molar-refractivity contribution in [2.24, 2.45) is 0 Å². The van der Waals surface area contributed by atoms with Crippen LogP contribution in [0.2, 0.25) is 0 Å². The third-order valence-electron chi connectivity index (χ3n) is 2.26. The van der Waals surface area contributed by atoms with Crippen molar-refractivity contribution >= 4 is 11.4 Å². The molecular formula is C13H16N2O3. The molecule has 0 saturated carbocycles. The van der Waals surface area contributed by atoms with Crippen LogP contribution >= 0.6 is 0 Å². The van der Waals surface area contributed by atoms with E-state index in [0.29, 0.717) is 12.2 Å². The van der Waals surface area contributed by atoms with Crippen molar-refractivity contribution in [3.8, 4) is 18.1 Å². The summed E-state index contributed by atoms with van der Waals surface area (Å²) in [6, 6.07) is 4.86. The molecule has 0 amide bonds. The van der Waals surface area contributed by atoms with Crippen molar-refractivity contribution in [2.75, 3.05) is 11.9 Å². The van der Waals surface area contributed by atoms with Gasteiger partial charge in [-0.15, -0.1) is 6.42 Å². The summed E-state index contributed by atoms with van der Waals surface area (Å²) in [6.07, 6.45) is 5.32. The van der Waals surface area contributed by atoms with Gasteiger partial charge in [-0.1, -0.05) is 12.0 Å². The van der Waals surface area contributed by atoms with Gasteiger partial charge in [0.05, 0.1) is 4.92 Å². The Morgan fingerprint density at radius 1 is 1.56 bits per heavy atom. The zero-order valence-electron chi connectivity index (χ0n) is 10.7. The van der Waals surface area contributed by atoms with Gasteiger partial charge in [-0.05, 0) is 32.9 Å². The lowest BCUT2D eigenvalue weighted by molar-refractivity contribution is -0.385.